The zero-order valence-electron chi connectivity index (χ0n) is 18.6. The van der Waals surface area contributed by atoms with Gasteiger partial charge in [0.1, 0.15) is 11.4 Å². The standard InChI is InChI=1S/C25H27N5O2/c1-29-10-7-18(8-11-29)27-25(31)23-13-17-12-16(4-5-22(17)30(23)2)21-14-24(32-3)19-15-26-9-6-20(19)28-21/h4-6,9,12-15,18H,7-8,10-11H2,1-3H3,(H,27,31). The van der Waals surface area contributed by atoms with Crippen molar-refractivity contribution < 1.29 is 9.53 Å². The third-order valence-electron chi connectivity index (χ3n) is 6.42. The fourth-order valence-corrected chi connectivity index (χ4v) is 4.49. The molecule has 0 unspecified atom stereocenters. The van der Waals surface area contributed by atoms with Crippen LogP contribution in [-0.4, -0.2) is 58.6 Å². The van der Waals surface area contributed by atoms with Crippen molar-refractivity contribution in [2.75, 3.05) is 27.2 Å². The highest BCUT2D eigenvalue weighted by Crippen LogP contribution is 2.31. The molecule has 4 heterocycles. The number of piperidine rings is 1. The number of pyridine rings is 2. The molecule has 3 aromatic heterocycles. The minimum Gasteiger partial charge on any atom is -0.496 e. The van der Waals surface area contributed by atoms with Crippen LogP contribution in [0.2, 0.25) is 0 Å². The summed E-state index contributed by atoms with van der Waals surface area (Å²) in [6.45, 7) is 2.03. The third-order valence-corrected chi connectivity index (χ3v) is 6.42. The quantitative estimate of drug-likeness (QED) is 0.536. The molecule has 1 saturated heterocycles. The maximum Gasteiger partial charge on any atom is 0.268 e. The van der Waals surface area contributed by atoms with Gasteiger partial charge in [-0.15, -0.1) is 0 Å². The number of amides is 1. The molecule has 1 aliphatic heterocycles. The van der Waals surface area contributed by atoms with Gasteiger partial charge in [-0.25, -0.2) is 4.98 Å². The molecule has 7 nitrogen and oxygen atoms in total. The van der Waals surface area contributed by atoms with E-state index in [0.29, 0.717) is 5.69 Å². The van der Waals surface area contributed by atoms with Crippen molar-refractivity contribution in [3.05, 3.63) is 54.5 Å². The Bertz CT molecular complexity index is 1300. The molecular formula is C25H27N5O2. The van der Waals surface area contributed by atoms with E-state index >= 15 is 0 Å². The monoisotopic (exact) mass is 429 g/mol. The van der Waals surface area contributed by atoms with Crippen molar-refractivity contribution in [1.29, 1.82) is 0 Å². The number of carbonyl (C=O) groups excluding carboxylic acids is 1. The van der Waals surface area contributed by atoms with Crippen molar-refractivity contribution in [3.63, 3.8) is 0 Å². The first kappa shape index (κ1) is 20.5. The van der Waals surface area contributed by atoms with E-state index in [1.54, 1.807) is 19.5 Å². The van der Waals surface area contributed by atoms with E-state index in [0.717, 1.165) is 64.7 Å². The van der Waals surface area contributed by atoms with Crippen molar-refractivity contribution in [2.24, 2.45) is 7.05 Å². The van der Waals surface area contributed by atoms with Gasteiger partial charge >= 0.3 is 0 Å². The van der Waals surface area contributed by atoms with Crippen molar-refractivity contribution in [3.8, 4) is 17.0 Å². The lowest BCUT2D eigenvalue weighted by Gasteiger charge is -2.29. The van der Waals surface area contributed by atoms with Crippen LogP contribution >= 0.6 is 0 Å². The number of aromatic nitrogens is 3. The predicted molar refractivity (Wildman–Crippen MR) is 126 cm³/mol. The Morgan fingerprint density at radius 1 is 1.12 bits per heavy atom. The Balaban J connectivity index is 1.47. The summed E-state index contributed by atoms with van der Waals surface area (Å²) in [5.74, 6) is 0.724. The Morgan fingerprint density at radius 2 is 1.94 bits per heavy atom. The Morgan fingerprint density at radius 3 is 2.72 bits per heavy atom. The fraction of sp³-hybridized carbons (Fsp3) is 0.320. The smallest absolute Gasteiger partial charge is 0.268 e. The highest BCUT2D eigenvalue weighted by atomic mass is 16.5. The van der Waals surface area contributed by atoms with E-state index in [2.05, 4.69) is 28.3 Å². The maximum atomic E-state index is 13.0. The van der Waals surface area contributed by atoms with Crippen LogP contribution in [0.1, 0.15) is 23.3 Å². The van der Waals surface area contributed by atoms with Gasteiger partial charge in [0.25, 0.3) is 5.91 Å². The molecule has 5 rings (SSSR count). The molecule has 0 saturated carbocycles. The molecule has 1 aromatic carbocycles. The van der Waals surface area contributed by atoms with E-state index in [1.807, 2.05) is 41.9 Å². The van der Waals surface area contributed by atoms with Gasteiger partial charge in [0, 0.05) is 48.0 Å². The molecule has 1 aliphatic rings. The van der Waals surface area contributed by atoms with Gasteiger partial charge in [0.2, 0.25) is 0 Å². The van der Waals surface area contributed by atoms with Crippen LogP contribution in [0.4, 0.5) is 0 Å². The number of nitrogens with one attached hydrogen (secondary N) is 1. The van der Waals surface area contributed by atoms with E-state index < -0.39 is 0 Å². The highest BCUT2D eigenvalue weighted by Gasteiger charge is 2.21. The first-order chi connectivity index (χ1) is 15.5. The van der Waals surface area contributed by atoms with Gasteiger partial charge in [-0.1, -0.05) is 6.07 Å². The number of fused-ring (bicyclic) bond motifs is 2. The first-order valence-electron chi connectivity index (χ1n) is 10.9. The van der Waals surface area contributed by atoms with Crippen molar-refractivity contribution in [1.82, 2.24) is 24.8 Å². The van der Waals surface area contributed by atoms with Crippen molar-refractivity contribution >= 4 is 27.7 Å². The lowest BCUT2D eigenvalue weighted by molar-refractivity contribution is 0.0909. The van der Waals surface area contributed by atoms with Gasteiger partial charge < -0.3 is 19.5 Å². The minimum atomic E-state index is -0.0159. The summed E-state index contributed by atoms with van der Waals surface area (Å²) >= 11 is 0. The Labute approximate surface area is 187 Å². The number of likely N-dealkylation sites (tertiary alicyclic amines) is 1. The topological polar surface area (TPSA) is 72.3 Å². The molecule has 0 atom stereocenters. The molecular weight excluding hydrogens is 402 g/mol. The number of aryl methyl sites for hydroxylation is 1. The van der Waals surface area contributed by atoms with Gasteiger partial charge in [-0.2, -0.15) is 0 Å². The number of nitrogens with zero attached hydrogens (tertiary/aromatic N) is 4. The molecule has 0 bridgehead atoms. The Hall–Kier alpha value is -3.45. The third kappa shape index (κ3) is 3.69. The summed E-state index contributed by atoms with van der Waals surface area (Å²) in [6, 6.07) is 12.2. The number of hydrogen-bond donors (Lipinski definition) is 1. The second-order valence-electron chi connectivity index (χ2n) is 8.52. The summed E-state index contributed by atoms with van der Waals surface area (Å²) in [5.41, 5.74) is 4.32. The number of rotatable bonds is 4. The molecule has 7 heteroatoms. The molecule has 1 amide bonds. The van der Waals surface area contributed by atoms with E-state index in [1.165, 1.54) is 0 Å². The van der Waals surface area contributed by atoms with E-state index in [-0.39, 0.29) is 11.9 Å². The summed E-state index contributed by atoms with van der Waals surface area (Å²) < 4.78 is 7.53. The summed E-state index contributed by atoms with van der Waals surface area (Å²) in [5, 5.41) is 5.11. The largest absolute Gasteiger partial charge is 0.496 e. The zero-order chi connectivity index (χ0) is 22.2. The molecule has 32 heavy (non-hydrogen) atoms. The van der Waals surface area contributed by atoms with Crippen LogP contribution in [0, 0.1) is 0 Å². The molecule has 164 valence electrons. The average Bonchev–Trinajstić information content (AvgIpc) is 3.15. The lowest BCUT2D eigenvalue weighted by Crippen LogP contribution is -2.43. The van der Waals surface area contributed by atoms with Gasteiger partial charge in [-0.3, -0.25) is 9.78 Å². The molecule has 1 N–H and O–H groups in total. The summed E-state index contributed by atoms with van der Waals surface area (Å²) in [4.78, 5) is 24.3. The van der Waals surface area contributed by atoms with Crippen LogP contribution in [0.15, 0.2) is 48.8 Å². The van der Waals surface area contributed by atoms with Crippen LogP contribution in [0.5, 0.6) is 5.75 Å². The number of benzene rings is 1. The zero-order valence-corrected chi connectivity index (χ0v) is 18.6. The average molecular weight is 430 g/mol. The van der Waals surface area contributed by atoms with Gasteiger partial charge in [0.05, 0.1) is 23.7 Å². The lowest BCUT2D eigenvalue weighted by atomic mass is 10.1. The van der Waals surface area contributed by atoms with Crippen LogP contribution < -0.4 is 10.1 Å². The minimum absolute atomic E-state index is 0.0159. The number of hydrogen-bond acceptors (Lipinski definition) is 5. The molecule has 1 fully saturated rings. The first-order valence-corrected chi connectivity index (χ1v) is 10.9. The normalized spacial score (nSPS) is 15.3. The number of carbonyl (C=O) groups is 1. The number of methoxy groups -OCH3 is 1. The van der Waals surface area contributed by atoms with Gasteiger partial charge in [0.15, 0.2) is 0 Å². The van der Waals surface area contributed by atoms with Crippen molar-refractivity contribution in [2.45, 2.75) is 18.9 Å². The van der Waals surface area contributed by atoms with E-state index in [4.69, 9.17) is 9.72 Å². The molecule has 0 spiro atoms. The molecule has 0 radical (unpaired) electrons. The van der Waals surface area contributed by atoms with Gasteiger partial charge in [-0.05, 0) is 57.2 Å². The molecule has 4 aromatic rings. The van der Waals surface area contributed by atoms with Crippen LogP contribution in [-0.2, 0) is 7.05 Å². The van der Waals surface area contributed by atoms with Crippen LogP contribution in [0.25, 0.3) is 33.1 Å². The molecule has 0 aliphatic carbocycles. The fourth-order valence-electron chi connectivity index (χ4n) is 4.49. The summed E-state index contributed by atoms with van der Waals surface area (Å²) in [6.07, 6.45) is 5.47. The van der Waals surface area contributed by atoms with E-state index in [9.17, 15) is 4.79 Å². The summed E-state index contributed by atoms with van der Waals surface area (Å²) in [7, 11) is 5.72. The SMILES string of the molecule is COc1cc(-c2ccc3c(c2)cc(C(=O)NC2CCN(C)CC2)n3C)nc2ccncc12. The predicted octanol–water partition coefficient (Wildman–Crippen LogP) is 3.62. The Kier molecular flexibility index (Phi) is 5.27. The second kappa shape index (κ2) is 8.24. The van der Waals surface area contributed by atoms with Crippen LogP contribution in [0.3, 0.4) is 0 Å². The number of ether oxygens (including phenoxy) is 1. The highest BCUT2D eigenvalue weighted by molar-refractivity contribution is 6.00. The maximum absolute atomic E-state index is 13.0. The second-order valence-corrected chi connectivity index (χ2v) is 8.52.